The van der Waals surface area contributed by atoms with Gasteiger partial charge in [0, 0.05) is 6.54 Å². The van der Waals surface area contributed by atoms with E-state index in [0.29, 0.717) is 12.3 Å². The molecule has 0 aliphatic heterocycles. The summed E-state index contributed by atoms with van der Waals surface area (Å²) in [4.78, 5) is 13.5. The third kappa shape index (κ3) is 4.65. The average Bonchev–Trinajstić information content (AvgIpc) is 2.69. The van der Waals surface area contributed by atoms with Gasteiger partial charge in [0.25, 0.3) is 5.91 Å². The van der Waals surface area contributed by atoms with Crippen LogP contribution >= 0.6 is 0 Å². The number of hydrogen-bond acceptors (Lipinski definition) is 3. The van der Waals surface area contributed by atoms with Crippen LogP contribution in [0.15, 0.2) is 22.8 Å². The van der Waals surface area contributed by atoms with Crippen LogP contribution in [0.5, 0.6) is 0 Å². The Morgan fingerprint density at radius 3 is 2.87 bits per heavy atom. The number of carbonyl (C=O) groups excluding carboxylic acids is 1. The molecule has 1 amide bonds. The maximum atomic E-state index is 11.4. The summed E-state index contributed by atoms with van der Waals surface area (Å²) in [6.07, 6.45) is 3.58. The zero-order chi connectivity index (χ0) is 11.1. The van der Waals surface area contributed by atoms with Crippen LogP contribution < -0.4 is 5.32 Å². The first-order valence-electron chi connectivity index (χ1n) is 5.16. The summed E-state index contributed by atoms with van der Waals surface area (Å²) in [5.74, 6) is 0.243. The first-order chi connectivity index (χ1) is 7.20. The monoisotopic (exact) mass is 210 g/mol. The Kier molecular flexibility index (Phi) is 4.90. The molecule has 0 saturated carbocycles. The fourth-order valence-corrected chi connectivity index (χ4v) is 1.25. The first kappa shape index (κ1) is 11.8. The third-order valence-electron chi connectivity index (χ3n) is 2.06. The Hall–Kier alpha value is -1.29. The molecule has 1 heterocycles. The van der Waals surface area contributed by atoms with Gasteiger partial charge < -0.3 is 14.6 Å². The van der Waals surface area contributed by atoms with Crippen molar-refractivity contribution in [3.05, 3.63) is 24.2 Å². The molecular weight excluding hydrogens is 192 g/mol. The summed E-state index contributed by atoms with van der Waals surface area (Å²) in [6, 6.07) is 3.37. The highest BCUT2D eigenvalue weighted by atomic mass is 16.3. The minimum Gasteiger partial charge on any atom is -0.459 e. The summed E-state index contributed by atoms with van der Waals surface area (Å²) < 4.78 is 4.97. The molecule has 1 aromatic rings. The molecule has 0 bridgehead atoms. The van der Waals surface area contributed by atoms with Gasteiger partial charge in [0.2, 0.25) is 0 Å². The van der Waals surface area contributed by atoms with Gasteiger partial charge in [-0.2, -0.15) is 0 Å². The van der Waals surface area contributed by atoms with Gasteiger partial charge in [-0.05, 0) is 45.6 Å². The zero-order valence-electron chi connectivity index (χ0n) is 9.32. The number of carbonyl (C=O) groups is 1. The smallest absolute Gasteiger partial charge is 0.286 e. The Bertz CT molecular complexity index is 281. The molecule has 0 aliphatic carbocycles. The lowest BCUT2D eigenvalue weighted by Gasteiger charge is -2.08. The maximum absolute atomic E-state index is 11.4. The van der Waals surface area contributed by atoms with Gasteiger partial charge in [0.1, 0.15) is 0 Å². The van der Waals surface area contributed by atoms with Crippen molar-refractivity contribution in [2.45, 2.75) is 12.8 Å². The van der Waals surface area contributed by atoms with E-state index >= 15 is 0 Å². The molecule has 0 aromatic carbocycles. The van der Waals surface area contributed by atoms with Crippen LogP contribution in [0.2, 0.25) is 0 Å². The quantitative estimate of drug-likeness (QED) is 0.721. The highest BCUT2D eigenvalue weighted by Crippen LogP contribution is 1.99. The molecule has 84 valence electrons. The number of furan rings is 1. The second kappa shape index (κ2) is 6.24. The molecule has 1 rings (SSSR count). The molecule has 4 heteroatoms. The van der Waals surface area contributed by atoms with Crippen LogP contribution in [0.3, 0.4) is 0 Å². The van der Waals surface area contributed by atoms with Gasteiger partial charge in [-0.1, -0.05) is 0 Å². The van der Waals surface area contributed by atoms with Gasteiger partial charge in [-0.3, -0.25) is 4.79 Å². The number of unbranched alkanes of at least 4 members (excludes halogenated alkanes) is 1. The summed E-state index contributed by atoms with van der Waals surface area (Å²) in [7, 11) is 4.09. The molecular formula is C11H18N2O2. The second-order valence-electron chi connectivity index (χ2n) is 3.74. The number of hydrogen-bond donors (Lipinski definition) is 1. The minimum absolute atomic E-state index is 0.134. The highest BCUT2D eigenvalue weighted by molar-refractivity contribution is 5.91. The van der Waals surface area contributed by atoms with E-state index in [2.05, 4.69) is 10.2 Å². The van der Waals surface area contributed by atoms with Crippen molar-refractivity contribution in [2.24, 2.45) is 0 Å². The largest absolute Gasteiger partial charge is 0.459 e. The summed E-state index contributed by atoms with van der Waals surface area (Å²) in [5, 5.41) is 2.81. The summed E-state index contributed by atoms with van der Waals surface area (Å²) >= 11 is 0. The number of nitrogens with one attached hydrogen (secondary N) is 1. The lowest BCUT2D eigenvalue weighted by atomic mass is 10.3. The third-order valence-corrected chi connectivity index (χ3v) is 2.06. The summed E-state index contributed by atoms with van der Waals surface area (Å²) in [5.41, 5.74) is 0. The van der Waals surface area contributed by atoms with Gasteiger partial charge in [-0.25, -0.2) is 0 Å². The number of amides is 1. The van der Waals surface area contributed by atoms with Crippen molar-refractivity contribution in [1.29, 1.82) is 0 Å². The SMILES string of the molecule is CN(C)CCCCNC(=O)c1ccco1. The number of rotatable bonds is 6. The normalized spacial score (nSPS) is 10.6. The Morgan fingerprint density at radius 1 is 1.47 bits per heavy atom. The van der Waals surface area contributed by atoms with E-state index in [1.165, 1.54) is 6.26 Å². The van der Waals surface area contributed by atoms with E-state index in [9.17, 15) is 4.79 Å². The fraction of sp³-hybridized carbons (Fsp3) is 0.545. The minimum atomic E-state index is -0.134. The molecule has 0 saturated heterocycles. The van der Waals surface area contributed by atoms with Crippen molar-refractivity contribution in [1.82, 2.24) is 10.2 Å². The Morgan fingerprint density at radius 2 is 2.27 bits per heavy atom. The molecule has 0 spiro atoms. The average molecular weight is 210 g/mol. The number of nitrogens with zero attached hydrogens (tertiary/aromatic N) is 1. The van der Waals surface area contributed by atoms with Crippen LogP contribution in [0.1, 0.15) is 23.4 Å². The van der Waals surface area contributed by atoms with Gasteiger partial charge in [0.15, 0.2) is 5.76 Å². The Balaban J connectivity index is 2.08. The van der Waals surface area contributed by atoms with E-state index < -0.39 is 0 Å². The predicted octanol–water partition coefficient (Wildman–Crippen LogP) is 1.35. The topological polar surface area (TPSA) is 45.5 Å². The van der Waals surface area contributed by atoms with Crippen LogP contribution in [0.25, 0.3) is 0 Å². The molecule has 15 heavy (non-hydrogen) atoms. The lowest BCUT2D eigenvalue weighted by molar-refractivity contribution is 0.0925. The molecule has 0 aliphatic rings. The molecule has 0 fully saturated rings. The van der Waals surface area contributed by atoms with Gasteiger partial charge in [-0.15, -0.1) is 0 Å². The first-order valence-corrected chi connectivity index (χ1v) is 5.16. The van der Waals surface area contributed by atoms with Crippen molar-refractivity contribution < 1.29 is 9.21 Å². The van der Waals surface area contributed by atoms with Crippen LogP contribution in [-0.2, 0) is 0 Å². The fourth-order valence-electron chi connectivity index (χ4n) is 1.25. The second-order valence-corrected chi connectivity index (χ2v) is 3.74. The van der Waals surface area contributed by atoms with Crippen molar-refractivity contribution in [2.75, 3.05) is 27.2 Å². The van der Waals surface area contributed by atoms with Crippen molar-refractivity contribution in [3.8, 4) is 0 Å². The molecule has 1 N–H and O–H groups in total. The van der Waals surface area contributed by atoms with Crippen molar-refractivity contribution >= 4 is 5.91 Å². The van der Waals surface area contributed by atoms with Gasteiger partial charge >= 0.3 is 0 Å². The molecule has 0 radical (unpaired) electrons. The van der Waals surface area contributed by atoms with Crippen molar-refractivity contribution in [3.63, 3.8) is 0 Å². The van der Waals surface area contributed by atoms with Crippen LogP contribution in [-0.4, -0.2) is 38.0 Å². The van der Waals surface area contributed by atoms with E-state index in [1.807, 2.05) is 14.1 Å². The van der Waals surface area contributed by atoms with E-state index in [-0.39, 0.29) is 5.91 Å². The van der Waals surface area contributed by atoms with E-state index in [4.69, 9.17) is 4.42 Å². The van der Waals surface area contributed by atoms with Gasteiger partial charge in [0.05, 0.1) is 6.26 Å². The standard InChI is InChI=1S/C11H18N2O2/c1-13(2)8-4-3-7-12-11(14)10-6-5-9-15-10/h5-6,9H,3-4,7-8H2,1-2H3,(H,12,14). The molecule has 1 aromatic heterocycles. The van der Waals surface area contributed by atoms with E-state index in [0.717, 1.165) is 19.4 Å². The lowest BCUT2D eigenvalue weighted by Crippen LogP contribution is -2.24. The highest BCUT2D eigenvalue weighted by Gasteiger charge is 2.06. The zero-order valence-corrected chi connectivity index (χ0v) is 9.32. The summed E-state index contributed by atoms with van der Waals surface area (Å²) in [6.45, 7) is 1.75. The van der Waals surface area contributed by atoms with Crippen LogP contribution in [0, 0.1) is 0 Å². The molecule has 0 atom stereocenters. The molecule has 0 unspecified atom stereocenters. The Labute approximate surface area is 90.3 Å². The van der Waals surface area contributed by atoms with E-state index in [1.54, 1.807) is 12.1 Å². The van der Waals surface area contributed by atoms with Crippen LogP contribution in [0.4, 0.5) is 0 Å². The predicted molar refractivity (Wildman–Crippen MR) is 58.8 cm³/mol. The molecule has 4 nitrogen and oxygen atoms in total. The maximum Gasteiger partial charge on any atom is 0.286 e.